The van der Waals surface area contributed by atoms with Crippen LogP contribution < -0.4 is 0 Å². The van der Waals surface area contributed by atoms with Crippen molar-refractivity contribution in [2.45, 2.75) is 0 Å². The number of benzene rings is 1. The van der Waals surface area contributed by atoms with E-state index in [1.807, 2.05) is 24.4 Å². The number of aromatic amines is 1. The molecule has 1 aromatic carbocycles. The van der Waals surface area contributed by atoms with Crippen molar-refractivity contribution in [2.75, 3.05) is 0 Å². The van der Waals surface area contributed by atoms with Gasteiger partial charge in [-0.05, 0) is 18.2 Å². The molecule has 0 atom stereocenters. The van der Waals surface area contributed by atoms with Crippen LogP contribution in [0.3, 0.4) is 0 Å². The third-order valence-electron chi connectivity index (χ3n) is 3.53. The number of fused-ring (bicyclic) bond motifs is 2. The van der Waals surface area contributed by atoms with Gasteiger partial charge in [0.1, 0.15) is 0 Å². The molecule has 0 fully saturated rings. The Morgan fingerprint density at radius 1 is 1.24 bits per heavy atom. The van der Waals surface area contributed by atoms with Crippen LogP contribution in [0.4, 0.5) is 4.39 Å². The van der Waals surface area contributed by atoms with Gasteiger partial charge >= 0.3 is 0 Å². The van der Waals surface area contributed by atoms with Crippen molar-refractivity contribution in [3.63, 3.8) is 0 Å². The quantitative estimate of drug-likeness (QED) is 0.472. The highest BCUT2D eigenvalue weighted by molar-refractivity contribution is 9.10. The van der Waals surface area contributed by atoms with Crippen molar-refractivity contribution in [2.24, 2.45) is 0 Å². The molecule has 1 N–H and O–H groups in total. The van der Waals surface area contributed by atoms with E-state index >= 15 is 0 Å². The maximum atomic E-state index is 13.9. The normalized spacial score (nSPS) is 11.6. The Labute approximate surface area is 132 Å². The maximum Gasteiger partial charge on any atom is 0.216 e. The molecule has 0 amide bonds. The summed E-state index contributed by atoms with van der Waals surface area (Å²) in [6.45, 7) is 0. The van der Waals surface area contributed by atoms with Crippen LogP contribution in [-0.2, 0) is 0 Å². The van der Waals surface area contributed by atoms with Crippen molar-refractivity contribution >= 4 is 44.0 Å². The molecule has 0 saturated heterocycles. The fraction of sp³-hybridized carbons (Fsp3) is 0. The Hall–Kier alpha value is -1.85. The predicted octanol–water partition coefficient (Wildman–Crippen LogP) is 5.04. The summed E-state index contributed by atoms with van der Waals surface area (Å²) in [5.41, 5.74) is 3.25. The van der Waals surface area contributed by atoms with E-state index in [1.165, 1.54) is 10.6 Å². The SMILES string of the molecule is Fc1cc(Cl)c(-c2ccc(Br)c3cc[nH]c23)c2ccnn12. The molecule has 0 aliphatic rings. The molecule has 3 nitrogen and oxygen atoms in total. The lowest BCUT2D eigenvalue weighted by atomic mass is 10.0. The Morgan fingerprint density at radius 2 is 2.10 bits per heavy atom. The van der Waals surface area contributed by atoms with Gasteiger partial charge in [-0.25, -0.2) is 4.52 Å². The average Bonchev–Trinajstić information content (AvgIpc) is 3.09. The number of nitrogens with zero attached hydrogens (tertiary/aromatic N) is 2. The summed E-state index contributed by atoms with van der Waals surface area (Å²) in [6, 6.07) is 8.93. The van der Waals surface area contributed by atoms with Gasteiger partial charge in [0, 0.05) is 33.2 Å². The van der Waals surface area contributed by atoms with Crippen molar-refractivity contribution in [1.82, 2.24) is 14.6 Å². The molecule has 3 aromatic heterocycles. The molecule has 4 aromatic rings. The molecular weight excluding hydrogens is 357 g/mol. The van der Waals surface area contributed by atoms with E-state index in [0.717, 1.165) is 26.5 Å². The number of rotatable bonds is 1. The van der Waals surface area contributed by atoms with Gasteiger partial charge in [0.25, 0.3) is 0 Å². The molecular formula is C15H8BrClFN3. The van der Waals surface area contributed by atoms with E-state index in [2.05, 4.69) is 26.0 Å². The number of H-pyrrole nitrogens is 1. The first-order valence-electron chi connectivity index (χ1n) is 6.24. The smallest absolute Gasteiger partial charge is 0.216 e. The number of aromatic nitrogens is 3. The van der Waals surface area contributed by atoms with Crippen LogP contribution in [0.15, 0.2) is 47.2 Å². The third-order valence-corrected chi connectivity index (χ3v) is 4.51. The Bertz CT molecular complexity index is 989. The fourth-order valence-corrected chi connectivity index (χ4v) is 3.37. The molecule has 0 bridgehead atoms. The van der Waals surface area contributed by atoms with Crippen LogP contribution in [0.25, 0.3) is 27.5 Å². The van der Waals surface area contributed by atoms with Crippen LogP contribution in [-0.4, -0.2) is 14.6 Å². The van der Waals surface area contributed by atoms with Crippen molar-refractivity contribution in [3.05, 3.63) is 58.2 Å². The van der Waals surface area contributed by atoms with Crippen molar-refractivity contribution in [3.8, 4) is 11.1 Å². The second-order valence-corrected chi connectivity index (χ2v) is 5.94. The summed E-state index contributed by atoms with van der Waals surface area (Å²) in [4.78, 5) is 3.21. The highest BCUT2D eigenvalue weighted by Crippen LogP contribution is 2.38. The van der Waals surface area contributed by atoms with Crippen LogP contribution >= 0.6 is 27.5 Å². The molecule has 0 unspecified atom stereocenters. The summed E-state index contributed by atoms with van der Waals surface area (Å²) in [5, 5.41) is 5.40. The van der Waals surface area contributed by atoms with Crippen molar-refractivity contribution < 1.29 is 4.39 Å². The van der Waals surface area contributed by atoms with Gasteiger partial charge in [-0.1, -0.05) is 33.6 Å². The third kappa shape index (κ3) is 1.81. The van der Waals surface area contributed by atoms with Crippen LogP contribution in [0.2, 0.25) is 5.02 Å². The summed E-state index contributed by atoms with van der Waals surface area (Å²) < 4.78 is 16.1. The Kier molecular flexibility index (Phi) is 2.80. The van der Waals surface area contributed by atoms with Crippen LogP contribution in [0, 0.1) is 5.95 Å². The van der Waals surface area contributed by atoms with Gasteiger partial charge in [0.2, 0.25) is 5.95 Å². The molecule has 4 rings (SSSR count). The predicted molar refractivity (Wildman–Crippen MR) is 85.2 cm³/mol. The van der Waals surface area contributed by atoms with Gasteiger partial charge in [-0.15, -0.1) is 0 Å². The topological polar surface area (TPSA) is 33.1 Å². The first kappa shape index (κ1) is 12.9. The summed E-state index contributed by atoms with van der Waals surface area (Å²) in [7, 11) is 0. The minimum Gasteiger partial charge on any atom is -0.361 e. The molecule has 0 aliphatic carbocycles. The largest absolute Gasteiger partial charge is 0.361 e. The van der Waals surface area contributed by atoms with E-state index in [1.54, 1.807) is 12.3 Å². The standard InChI is InChI=1S/C15H8BrClFN3/c16-10-2-1-9(15-8(10)3-5-19-15)14-11(17)7-13(18)21-12(14)4-6-20-21/h1-7,19H. The molecule has 21 heavy (non-hydrogen) atoms. The molecule has 0 spiro atoms. The lowest BCUT2D eigenvalue weighted by molar-refractivity contribution is 0.545. The lowest BCUT2D eigenvalue weighted by Crippen LogP contribution is -1.97. The van der Waals surface area contributed by atoms with Gasteiger partial charge < -0.3 is 4.98 Å². The number of nitrogens with one attached hydrogen (secondary N) is 1. The van der Waals surface area contributed by atoms with Crippen LogP contribution in [0.5, 0.6) is 0 Å². The zero-order valence-corrected chi connectivity index (χ0v) is 12.9. The van der Waals surface area contributed by atoms with E-state index in [0.29, 0.717) is 10.5 Å². The first-order valence-corrected chi connectivity index (χ1v) is 7.41. The van der Waals surface area contributed by atoms with Crippen molar-refractivity contribution in [1.29, 1.82) is 0 Å². The molecule has 104 valence electrons. The number of pyridine rings is 1. The average molecular weight is 365 g/mol. The molecule has 6 heteroatoms. The zero-order chi connectivity index (χ0) is 14.6. The number of hydrogen-bond donors (Lipinski definition) is 1. The minimum absolute atomic E-state index is 0.360. The van der Waals surface area contributed by atoms with E-state index < -0.39 is 5.95 Å². The highest BCUT2D eigenvalue weighted by atomic mass is 79.9. The summed E-state index contributed by atoms with van der Waals surface area (Å²) >= 11 is 9.82. The first-order chi connectivity index (χ1) is 10.2. The lowest BCUT2D eigenvalue weighted by Gasteiger charge is -2.10. The van der Waals surface area contributed by atoms with Gasteiger partial charge in [0.15, 0.2) is 0 Å². The second-order valence-electron chi connectivity index (χ2n) is 4.68. The molecule has 0 saturated carbocycles. The monoisotopic (exact) mass is 363 g/mol. The molecule has 3 heterocycles. The fourth-order valence-electron chi connectivity index (χ4n) is 2.62. The zero-order valence-electron chi connectivity index (χ0n) is 10.6. The highest BCUT2D eigenvalue weighted by Gasteiger charge is 2.16. The maximum absolute atomic E-state index is 13.9. The summed E-state index contributed by atoms with van der Waals surface area (Å²) in [5.74, 6) is -0.483. The molecule has 0 radical (unpaired) electrons. The van der Waals surface area contributed by atoms with E-state index in [-0.39, 0.29) is 0 Å². The van der Waals surface area contributed by atoms with E-state index in [4.69, 9.17) is 11.6 Å². The second kappa shape index (κ2) is 4.58. The van der Waals surface area contributed by atoms with Crippen LogP contribution in [0.1, 0.15) is 0 Å². The van der Waals surface area contributed by atoms with E-state index in [9.17, 15) is 4.39 Å². The Morgan fingerprint density at radius 3 is 2.95 bits per heavy atom. The van der Waals surface area contributed by atoms with Gasteiger partial charge in [-0.2, -0.15) is 9.49 Å². The summed E-state index contributed by atoms with van der Waals surface area (Å²) in [6.07, 6.45) is 3.42. The Balaban J connectivity index is 2.17. The molecule has 0 aliphatic heterocycles. The van der Waals surface area contributed by atoms with Gasteiger partial charge in [0.05, 0.1) is 22.3 Å². The number of halogens is 3. The minimum atomic E-state index is -0.483. The van der Waals surface area contributed by atoms with Gasteiger partial charge in [-0.3, -0.25) is 0 Å². The number of hydrogen-bond acceptors (Lipinski definition) is 1.